The van der Waals surface area contributed by atoms with Crippen molar-refractivity contribution in [1.29, 1.82) is 0 Å². The smallest absolute Gasteiger partial charge is 0.248 e. The minimum Gasteiger partial charge on any atom is -0.454 e. The molecule has 0 saturated carbocycles. The lowest BCUT2D eigenvalue weighted by Gasteiger charge is -2.05. The Bertz CT molecular complexity index is 551. The molecule has 2 rings (SSSR count). The van der Waals surface area contributed by atoms with E-state index in [0.29, 0.717) is 5.75 Å². The Labute approximate surface area is 97.6 Å². The van der Waals surface area contributed by atoms with Gasteiger partial charge in [-0.3, -0.25) is 4.79 Å². The summed E-state index contributed by atoms with van der Waals surface area (Å²) in [6.45, 7) is 0. The molecule has 0 fully saturated rings. The van der Waals surface area contributed by atoms with Crippen LogP contribution < -0.4 is 10.5 Å². The van der Waals surface area contributed by atoms with Crippen molar-refractivity contribution in [2.24, 2.45) is 5.73 Å². The molecule has 1 aromatic carbocycles. The van der Waals surface area contributed by atoms with Crippen molar-refractivity contribution in [2.45, 2.75) is 0 Å². The number of primary amides is 1. The predicted octanol–water partition coefficient (Wildman–Crippen LogP) is 1.75. The van der Waals surface area contributed by atoms with Gasteiger partial charge in [0.1, 0.15) is 17.9 Å². The number of halogens is 1. The molecule has 1 heterocycles. The minimum atomic E-state index is -0.723. The van der Waals surface area contributed by atoms with Gasteiger partial charge in [0.15, 0.2) is 5.75 Å². The van der Waals surface area contributed by atoms with Crippen LogP contribution in [0.5, 0.6) is 11.5 Å². The maximum atomic E-state index is 13.2. The second-order valence-corrected chi connectivity index (χ2v) is 3.22. The van der Waals surface area contributed by atoms with Gasteiger partial charge >= 0.3 is 0 Å². The molecular weight excluding hydrogens is 225 g/mol. The van der Waals surface area contributed by atoms with Gasteiger partial charge in [-0.15, -0.1) is 0 Å². The second kappa shape index (κ2) is 4.56. The maximum Gasteiger partial charge on any atom is 0.248 e. The number of hydrogen-bond acceptors (Lipinski definition) is 4. The highest BCUT2D eigenvalue weighted by Gasteiger charge is 2.07. The van der Waals surface area contributed by atoms with Crippen LogP contribution in [-0.2, 0) is 0 Å². The first-order valence-corrected chi connectivity index (χ1v) is 4.68. The number of nitrogens with zero attached hydrogens (tertiary/aromatic N) is 2. The van der Waals surface area contributed by atoms with Gasteiger partial charge in [0.05, 0.1) is 12.4 Å². The van der Waals surface area contributed by atoms with E-state index in [2.05, 4.69) is 9.97 Å². The van der Waals surface area contributed by atoms with Crippen LogP contribution in [0.1, 0.15) is 11.8 Å². The fourth-order valence-electron chi connectivity index (χ4n) is 1.24. The summed E-state index contributed by atoms with van der Waals surface area (Å²) in [6.07, 6.45) is 4.18. The van der Waals surface area contributed by atoms with Crippen molar-refractivity contribution in [2.75, 3.05) is 0 Å². The molecule has 0 aliphatic carbocycles. The van der Waals surface area contributed by atoms with Crippen LogP contribution in [-0.4, -0.2) is 15.9 Å². The molecule has 0 atom stereocenters. The SMILES string of the molecule is NC(=O)c1cc(F)cc(Oc2cncnc2)c1.[HH]. The van der Waals surface area contributed by atoms with Gasteiger partial charge < -0.3 is 10.5 Å². The molecule has 0 unspecified atom stereocenters. The summed E-state index contributed by atoms with van der Waals surface area (Å²) in [5, 5.41) is 0. The molecule has 2 aromatic rings. The molecule has 5 nitrogen and oxygen atoms in total. The summed E-state index contributed by atoms with van der Waals surface area (Å²) >= 11 is 0. The van der Waals surface area contributed by atoms with E-state index in [-0.39, 0.29) is 12.7 Å². The molecule has 1 aromatic heterocycles. The summed E-state index contributed by atoms with van der Waals surface area (Å²) in [6, 6.07) is 3.52. The molecule has 0 saturated heterocycles. The summed E-state index contributed by atoms with van der Waals surface area (Å²) < 4.78 is 18.4. The number of hydrogen-bond donors (Lipinski definition) is 1. The predicted molar refractivity (Wildman–Crippen MR) is 59.1 cm³/mol. The van der Waals surface area contributed by atoms with Crippen LogP contribution in [0.3, 0.4) is 0 Å². The quantitative estimate of drug-likeness (QED) is 0.879. The zero-order valence-corrected chi connectivity index (χ0v) is 8.63. The molecule has 17 heavy (non-hydrogen) atoms. The summed E-state index contributed by atoms with van der Waals surface area (Å²) in [5.74, 6) is -0.825. The Balaban J connectivity index is 0.00000162. The van der Waals surface area contributed by atoms with Crippen molar-refractivity contribution in [3.8, 4) is 11.5 Å². The van der Waals surface area contributed by atoms with E-state index in [1.807, 2.05) is 0 Å². The maximum absolute atomic E-state index is 13.2. The molecule has 1 amide bonds. The van der Waals surface area contributed by atoms with E-state index in [1.54, 1.807) is 0 Å². The first kappa shape index (κ1) is 11.0. The van der Waals surface area contributed by atoms with Gasteiger partial charge in [-0.25, -0.2) is 14.4 Å². The van der Waals surface area contributed by atoms with Crippen molar-refractivity contribution >= 4 is 5.91 Å². The lowest BCUT2D eigenvalue weighted by molar-refractivity contribution is 0.0999. The largest absolute Gasteiger partial charge is 0.454 e. The van der Waals surface area contributed by atoms with E-state index in [1.165, 1.54) is 24.8 Å². The number of carbonyl (C=O) groups excluding carboxylic acids is 1. The minimum absolute atomic E-state index is 0. The summed E-state index contributed by atoms with van der Waals surface area (Å²) in [7, 11) is 0. The monoisotopic (exact) mass is 235 g/mol. The molecule has 6 heteroatoms. The third kappa shape index (κ3) is 2.75. The lowest BCUT2D eigenvalue weighted by Crippen LogP contribution is -2.11. The molecule has 2 N–H and O–H groups in total. The lowest BCUT2D eigenvalue weighted by atomic mass is 10.2. The third-order valence-corrected chi connectivity index (χ3v) is 1.93. The first-order valence-electron chi connectivity index (χ1n) is 4.68. The van der Waals surface area contributed by atoms with E-state index >= 15 is 0 Å². The molecular formula is C11H10FN3O2. The Morgan fingerprint density at radius 3 is 2.59 bits per heavy atom. The molecule has 0 aliphatic rings. The second-order valence-electron chi connectivity index (χ2n) is 3.22. The Morgan fingerprint density at radius 2 is 1.94 bits per heavy atom. The average Bonchev–Trinajstić information content (AvgIpc) is 2.29. The van der Waals surface area contributed by atoms with Gasteiger partial charge in [0.2, 0.25) is 5.91 Å². The van der Waals surface area contributed by atoms with Crippen LogP contribution in [0.4, 0.5) is 4.39 Å². The first-order chi connectivity index (χ1) is 8.15. The standard InChI is InChI=1S/C11H8FN3O2.H2/c12-8-1-7(11(13)16)2-9(3-8)17-10-4-14-6-15-5-10;/h1-6H,(H2,13,16);1H. The zero-order chi connectivity index (χ0) is 12.3. The number of amides is 1. The fourth-order valence-corrected chi connectivity index (χ4v) is 1.24. The molecule has 88 valence electrons. The Kier molecular flexibility index (Phi) is 2.95. The van der Waals surface area contributed by atoms with E-state index in [0.717, 1.165) is 12.1 Å². The number of benzene rings is 1. The van der Waals surface area contributed by atoms with Crippen molar-refractivity contribution < 1.29 is 15.3 Å². The third-order valence-electron chi connectivity index (χ3n) is 1.93. The number of carbonyl (C=O) groups is 1. The van der Waals surface area contributed by atoms with Crippen LogP contribution in [0.15, 0.2) is 36.9 Å². The highest BCUT2D eigenvalue weighted by Crippen LogP contribution is 2.22. The number of nitrogens with two attached hydrogens (primary N) is 1. The molecule has 0 radical (unpaired) electrons. The van der Waals surface area contributed by atoms with Crippen molar-refractivity contribution in [3.05, 3.63) is 48.3 Å². The number of aromatic nitrogens is 2. The highest BCUT2D eigenvalue weighted by atomic mass is 19.1. The topological polar surface area (TPSA) is 78.1 Å². The van der Waals surface area contributed by atoms with Gasteiger partial charge in [-0.05, 0) is 12.1 Å². The highest BCUT2D eigenvalue weighted by molar-refractivity contribution is 5.93. The zero-order valence-electron chi connectivity index (χ0n) is 8.63. The molecule has 0 spiro atoms. The average molecular weight is 235 g/mol. The van der Waals surface area contributed by atoms with Crippen LogP contribution in [0.25, 0.3) is 0 Å². The van der Waals surface area contributed by atoms with Crippen LogP contribution in [0, 0.1) is 5.82 Å². The molecule has 0 aliphatic heterocycles. The van der Waals surface area contributed by atoms with Crippen molar-refractivity contribution in [3.63, 3.8) is 0 Å². The van der Waals surface area contributed by atoms with E-state index < -0.39 is 11.7 Å². The van der Waals surface area contributed by atoms with Gasteiger partial charge in [-0.2, -0.15) is 0 Å². The Hall–Kier alpha value is -2.50. The van der Waals surface area contributed by atoms with E-state index in [9.17, 15) is 9.18 Å². The van der Waals surface area contributed by atoms with Gasteiger partial charge in [0, 0.05) is 13.1 Å². The number of rotatable bonds is 3. The van der Waals surface area contributed by atoms with Crippen LogP contribution >= 0.6 is 0 Å². The normalized spacial score (nSPS) is 9.94. The van der Waals surface area contributed by atoms with Crippen molar-refractivity contribution in [1.82, 2.24) is 9.97 Å². The van der Waals surface area contributed by atoms with Gasteiger partial charge in [0.25, 0.3) is 0 Å². The van der Waals surface area contributed by atoms with E-state index in [4.69, 9.17) is 10.5 Å². The molecule has 0 bridgehead atoms. The summed E-state index contributed by atoms with van der Waals surface area (Å²) in [4.78, 5) is 18.4. The van der Waals surface area contributed by atoms with Crippen LogP contribution in [0.2, 0.25) is 0 Å². The fraction of sp³-hybridized carbons (Fsp3) is 0. The summed E-state index contributed by atoms with van der Waals surface area (Å²) in [5.41, 5.74) is 5.10. The van der Waals surface area contributed by atoms with Gasteiger partial charge in [-0.1, -0.05) is 0 Å². The number of ether oxygens (including phenoxy) is 1. The Morgan fingerprint density at radius 1 is 1.24 bits per heavy atom.